The fraction of sp³-hybridized carbons (Fsp3) is 0.235. The summed E-state index contributed by atoms with van der Waals surface area (Å²) in [5, 5.41) is 3.74. The number of carbonyl (C=O) groups is 1. The number of rotatable bonds is 5. The van der Waals surface area contributed by atoms with E-state index in [0.29, 0.717) is 6.54 Å². The zero-order valence-electron chi connectivity index (χ0n) is 11.5. The smallest absolute Gasteiger partial charge is 0.251 e. The third-order valence-corrected chi connectivity index (χ3v) is 3.62. The Hall–Kier alpha value is -1.80. The minimum atomic E-state index is -0.0118. The molecule has 2 aromatic carbocycles. The zero-order valence-corrected chi connectivity index (χ0v) is 12.3. The van der Waals surface area contributed by atoms with E-state index < -0.39 is 0 Å². The van der Waals surface area contributed by atoms with Crippen LogP contribution in [0.3, 0.4) is 0 Å². The summed E-state index contributed by atoms with van der Waals surface area (Å²) in [6.45, 7) is 2.59. The van der Waals surface area contributed by atoms with E-state index in [1.54, 1.807) is 0 Å². The van der Waals surface area contributed by atoms with Crippen LogP contribution in [-0.2, 0) is 6.42 Å². The van der Waals surface area contributed by atoms with E-state index in [0.717, 1.165) is 34.6 Å². The van der Waals surface area contributed by atoms with Crippen LogP contribution in [0.2, 0.25) is 5.02 Å². The Balaban J connectivity index is 1.81. The van der Waals surface area contributed by atoms with Gasteiger partial charge in [0.05, 0.1) is 0 Å². The molecular weight excluding hydrogens is 270 g/mol. The third-order valence-electron chi connectivity index (χ3n) is 3.26. The highest BCUT2D eigenvalue weighted by Crippen LogP contribution is 2.16. The van der Waals surface area contributed by atoms with Crippen LogP contribution in [0.1, 0.15) is 27.9 Å². The van der Waals surface area contributed by atoms with Gasteiger partial charge in [0.1, 0.15) is 0 Å². The summed E-state index contributed by atoms with van der Waals surface area (Å²) in [5.41, 5.74) is 2.86. The first-order valence-corrected chi connectivity index (χ1v) is 7.13. The summed E-state index contributed by atoms with van der Waals surface area (Å²) in [5.74, 6) is -0.0118. The lowest BCUT2D eigenvalue weighted by Crippen LogP contribution is -2.25. The molecule has 0 aliphatic carbocycles. The Bertz CT molecular complexity index is 595. The second kappa shape index (κ2) is 7.11. The Morgan fingerprint density at radius 2 is 1.80 bits per heavy atom. The lowest BCUT2D eigenvalue weighted by Gasteiger charge is -2.08. The van der Waals surface area contributed by atoms with Gasteiger partial charge < -0.3 is 5.32 Å². The quantitative estimate of drug-likeness (QED) is 0.827. The molecule has 1 N–H and O–H groups in total. The van der Waals surface area contributed by atoms with Crippen LogP contribution in [0, 0.1) is 6.92 Å². The van der Waals surface area contributed by atoms with Gasteiger partial charge in [-0.05, 0) is 43.0 Å². The van der Waals surface area contributed by atoms with Crippen LogP contribution in [0.15, 0.2) is 48.5 Å². The number of carbonyl (C=O) groups excluding carboxylic acids is 1. The first kappa shape index (κ1) is 14.6. The molecule has 0 atom stereocenters. The maximum Gasteiger partial charge on any atom is 0.251 e. The van der Waals surface area contributed by atoms with Gasteiger partial charge in [0.15, 0.2) is 0 Å². The topological polar surface area (TPSA) is 29.1 Å². The molecule has 20 heavy (non-hydrogen) atoms. The van der Waals surface area contributed by atoms with Crippen molar-refractivity contribution in [1.29, 1.82) is 0 Å². The van der Waals surface area contributed by atoms with E-state index in [2.05, 4.69) is 5.32 Å². The van der Waals surface area contributed by atoms with Gasteiger partial charge in [0.25, 0.3) is 5.91 Å². The minimum Gasteiger partial charge on any atom is -0.352 e. The first-order valence-electron chi connectivity index (χ1n) is 6.75. The molecule has 0 fully saturated rings. The molecule has 0 bridgehead atoms. The molecule has 2 aromatic rings. The van der Waals surface area contributed by atoms with Gasteiger partial charge in [0, 0.05) is 17.1 Å². The molecule has 0 saturated heterocycles. The summed E-state index contributed by atoms with van der Waals surface area (Å²) in [7, 11) is 0. The average molecular weight is 288 g/mol. The molecule has 0 saturated carbocycles. The second-order valence-corrected chi connectivity index (χ2v) is 5.17. The number of benzene rings is 2. The van der Waals surface area contributed by atoms with Crippen LogP contribution in [0.5, 0.6) is 0 Å². The molecule has 2 rings (SSSR count). The van der Waals surface area contributed by atoms with Crippen LogP contribution in [-0.4, -0.2) is 12.5 Å². The molecule has 1 amide bonds. The largest absolute Gasteiger partial charge is 0.352 e. The van der Waals surface area contributed by atoms with Gasteiger partial charge >= 0.3 is 0 Å². The van der Waals surface area contributed by atoms with Crippen molar-refractivity contribution in [3.05, 3.63) is 70.2 Å². The number of nitrogens with one attached hydrogen (secondary N) is 1. The second-order valence-electron chi connectivity index (χ2n) is 4.77. The lowest BCUT2D eigenvalue weighted by atomic mass is 10.1. The van der Waals surface area contributed by atoms with Crippen molar-refractivity contribution in [2.45, 2.75) is 19.8 Å². The average Bonchev–Trinajstić information content (AvgIpc) is 2.45. The Morgan fingerprint density at radius 1 is 1.10 bits per heavy atom. The molecule has 0 spiro atoms. The van der Waals surface area contributed by atoms with Gasteiger partial charge in [-0.3, -0.25) is 4.79 Å². The first-order chi connectivity index (χ1) is 9.68. The van der Waals surface area contributed by atoms with Crippen LogP contribution in [0.4, 0.5) is 0 Å². The van der Waals surface area contributed by atoms with E-state index in [1.807, 2.05) is 55.5 Å². The molecule has 2 nitrogen and oxygen atoms in total. The normalized spacial score (nSPS) is 10.3. The molecule has 0 aliphatic rings. The van der Waals surface area contributed by atoms with Gasteiger partial charge in [-0.2, -0.15) is 0 Å². The fourth-order valence-electron chi connectivity index (χ4n) is 2.10. The van der Waals surface area contributed by atoms with Crippen molar-refractivity contribution in [2.24, 2.45) is 0 Å². The van der Waals surface area contributed by atoms with Gasteiger partial charge in [0.2, 0.25) is 0 Å². The van der Waals surface area contributed by atoms with Gasteiger partial charge in [-0.15, -0.1) is 0 Å². The number of aryl methyl sites for hydroxylation is 2. The Labute approximate surface area is 124 Å². The predicted octanol–water partition coefficient (Wildman–Crippen LogP) is 4.01. The summed E-state index contributed by atoms with van der Waals surface area (Å²) >= 11 is 6.10. The molecule has 0 aromatic heterocycles. The highest BCUT2D eigenvalue weighted by Gasteiger charge is 2.07. The molecule has 104 valence electrons. The standard InChI is InChI=1S/C17H18ClNO/c1-13-7-2-4-10-15(13)17(20)19-12-6-9-14-8-3-5-11-16(14)18/h2-5,7-8,10-11H,6,9,12H2,1H3,(H,19,20). The maximum atomic E-state index is 12.0. The number of hydrogen-bond donors (Lipinski definition) is 1. The highest BCUT2D eigenvalue weighted by atomic mass is 35.5. The molecular formula is C17H18ClNO. The van der Waals surface area contributed by atoms with Crippen LogP contribution in [0.25, 0.3) is 0 Å². The highest BCUT2D eigenvalue weighted by molar-refractivity contribution is 6.31. The Morgan fingerprint density at radius 3 is 2.55 bits per heavy atom. The van der Waals surface area contributed by atoms with Crippen LogP contribution < -0.4 is 5.32 Å². The van der Waals surface area contributed by atoms with E-state index in [-0.39, 0.29) is 5.91 Å². The van der Waals surface area contributed by atoms with Crippen molar-refractivity contribution in [2.75, 3.05) is 6.54 Å². The predicted molar refractivity (Wildman–Crippen MR) is 83.3 cm³/mol. The van der Waals surface area contributed by atoms with Crippen LogP contribution >= 0.6 is 11.6 Å². The maximum absolute atomic E-state index is 12.0. The molecule has 0 unspecified atom stereocenters. The van der Waals surface area contributed by atoms with Crippen molar-refractivity contribution < 1.29 is 4.79 Å². The molecule has 0 heterocycles. The summed E-state index contributed by atoms with van der Waals surface area (Å²) in [6, 6.07) is 15.4. The van der Waals surface area contributed by atoms with Crippen molar-refractivity contribution >= 4 is 17.5 Å². The minimum absolute atomic E-state index is 0.0118. The van der Waals surface area contributed by atoms with E-state index in [1.165, 1.54) is 0 Å². The van der Waals surface area contributed by atoms with E-state index in [4.69, 9.17) is 11.6 Å². The number of amides is 1. The SMILES string of the molecule is Cc1ccccc1C(=O)NCCCc1ccccc1Cl. The number of halogens is 1. The summed E-state index contributed by atoms with van der Waals surface area (Å²) in [6.07, 6.45) is 1.75. The molecule has 3 heteroatoms. The summed E-state index contributed by atoms with van der Waals surface area (Å²) in [4.78, 5) is 12.0. The monoisotopic (exact) mass is 287 g/mol. The van der Waals surface area contributed by atoms with E-state index in [9.17, 15) is 4.79 Å². The van der Waals surface area contributed by atoms with Gasteiger partial charge in [-0.25, -0.2) is 0 Å². The molecule has 0 radical (unpaired) electrons. The lowest BCUT2D eigenvalue weighted by molar-refractivity contribution is 0.0952. The summed E-state index contributed by atoms with van der Waals surface area (Å²) < 4.78 is 0. The Kier molecular flexibility index (Phi) is 5.19. The van der Waals surface area contributed by atoms with Crippen molar-refractivity contribution in [3.8, 4) is 0 Å². The zero-order chi connectivity index (χ0) is 14.4. The number of hydrogen-bond acceptors (Lipinski definition) is 1. The van der Waals surface area contributed by atoms with Gasteiger partial charge in [-0.1, -0.05) is 48.0 Å². The van der Waals surface area contributed by atoms with Crippen molar-refractivity contribution in [1.82, 2.24) is 5.32 Å². The van der Waals surface area contributed by atoms with Crippen molar-refractivity contribution in [3.63, 3.8) is 0 Å². The fourth-order valence-corrected chi connectivity index (χ4v) is 2.34. The molecule has 0 aliphatic heterocycles. The van der Waals surface area contributed by atoms with E-state index >= 15 is 0 Å². The third kappa shape index (κ3) is 3.84.